The van der Waals surface area contributed by atoms with Crippen molar-refractivity contribution in [1.29, 1.82) is 5.26 Å². The van der Waals surface area contributed by atoms with E-state index in [1.165, 1.54) is 16.9 Å². The number of esters is 1. The van der Waals surface area contributed by atoms with Crippen molar-refractivity contribution in [2.24, 2.45) is 0 Å². The van der Waals surface area contributed by atoms with Gasteiger partial charge in [-0.3, -0.25) is 4.79 Å². The Labute approximate surface area is 108 Å². The SMILES string of the molecule is CCOC(=O)C(=O)c1cnc2c(C#N)cnn2c1C. The Kier molecular flexibility index (Phi) is 3.25. The first-order valence-corrected chi connectivity index (χ1v) is 5.55. The Morgan fingerprint density at radius 1 is 1.47 bits per heavy atom. The van der Waals surface area contributed by atoms with Crippen molar-refractivity contribution < 1.29 is 14.3 Å². The number of nitrogens with zero attached hydrogens (tertiary/aromatic N) is 4. The van der Waals surface area contributed by atoms with Gasteiger partial charge in [-0.15, -0.1) is 0 Å². The molecule has 0 aliphatic carbocycles. The van der Waals surface area contributed by atoms with Crippen LogP contribution in [0.3, 0.4) is 0 Å². The number of aryl methyl sites for hydroxylation is 1. The lowest BCUT2D eigenvalue weighted by Gasteiger charge is -2.05. The number of carbonyl (C=O) groups excluding carboxylic acids is 2. The maximum Gasteiger partial charge on any atom is 0.379 e. The van der Waals surface area contributed by atoms with Crippen molar-refractivity contribution in [2.45, 2.75) is 13.8 Å². The molecule has 2 aromatic heterocycles. The van der Waals surface area contributed by atoms with Gasteiger partial charge >= 0.3 is 5.97 Å². The Morgan fingerprint density at radius 3 is 2.84 bits per heavy atom. The first-order chi connectivity index (χ1) is 9.10. The summed E-state index contributed by atoms with van der Waals surface area (Å²) < 4.78 is 6.01. The van der Waals surface area contributed by atoms with Gasteiger partial charge in [-0.1, -0.05) is 0 Å². The lowest BCUT2D eigenvalue weighted by Crippen LogP contribution is -2.20. The predicted molar refractivity (Wildman–Crippen MR) is 63.4 cm³/mol. The molecule has 0 bridgehead atoms. The van der Waals surface area contributed by atoms with Gasteiger partial charge in [-0.05, 0) is 13.8 Å². The third-order valence-corrected chi connectivity index (χ3v) is 2.59. The molecule has 2 heterocycles. The van der Waals surface area contributed by atoms with Crippen molar-refractivity contribution >= 4 is 17.4 Å². The van der Waals surface area contributed by atoms with E-state index in [4.69, 9.17) is 5.26 Å². The van der Waals surface area contributed by atoms with Crippen LogP contribution in [-0.4, -0.2) is 33.0 Å². The summed E-state index contributed by atoms with van der Waals surface area (Å²) in [6.45, 7) is 3.36. The molecule has 7 heteroatoms. The third kappa shape index (κ3) is 2.04. The summed E-state index contributed by atoms with van der Waals surface area (Å²) >= 11 is 0. The summed E-state index contributed by atoms with van der Waals surface area (Å²) in [4.78, 5) is 27.3. The number of hydrogen-bond acceptors (Lipinski definition) is 6. The molecule has 0 fully saturated rings. The van der Waals surface area contributed by atoms with E-state index in [1.54, 1.807) is 13.8 Å². The number of fused-ring (bicyclic) bond motifs is 1. The number of aromatic nitrogens is 3. The summed E-state index contributed by atoms with van der Waals surface area (Å²) in [5, 5.41) is 12.8. The van der Waals surface area contributed by atoms with Crippen LogP contribution in [0.4, 0.5) is 0 Å². The fourth-order valence-corrected chi connectivity index (χ4v) is 1.65. The molecule has 96 valence electrons. The Hall–Kier alpha value is -2.75. The molecule has 0 amide bonds. The monoisotopic (exact) mass is 258 g/mol. The fraction of sp³-hybridized carbons (Fsp3) is 0.250. The van der Waals surface area contributed by atoms with Crippen molar-refractivity contribution in [3.05, 3.63) is 29.2 Å². The molecule has 7 nitrogen and oxygen atoms in total. The topological polar surface area (TPSA) is 97.4 Å². The number of ether oxygens (including phenoxy) is 1. The van der Waals surface area contributed by atoms with Gasteiger partial charge in [0.15, 0.2) is 5.65 Å². The molecule has 0 radical (unpaired) electrons. The molecule has 0 aromatic carbocycles. The van der Waals surface area contributed by atoms with Gasteiger partial charge in [0.05, 0.1) is 24.1 Å². The highest BCUT2D eigenvalue weighted by molar-refractivity contribution is 6.40. The smallest absolute Gasteiger partial charge is 0.379 e. The minimum atomic E-state index is -0.931. The van der Waals surface area contributed by atoms with Gasteiger partial charge in [0, 0.05) is 6.20 Å². The van der Waals surface area contributed by atoms with Gasteiger partial charge in [0.2, 0.25) is 0 Å². The predicted octanol–water partition coefficient (Wildman–Crippen LogP) is 0.655. The van der Waals surface area contributed by atoms with E-state index in [0.717, 1.165) is 0 Å². The highest BCUT2D eigenvalue weighted by Gasteiger charge is 2.22. The molecule has 0 saturated carbocycles. The summed E-state index contributed by atoms with van der Waals surface area (Å²) in [5.41, 5.74) is 1.20. The van der Waals surface area contributed by atoms with Gasteiger partial charge in [0.1, 0.15) is 11.6 Å². The summed E-state index contributed by atoms with van der Waals surface area (Å²) in [7, 11) is 0. The Morgan fingerprint density at radius 2 is 2.21 bits per heavy atom. The summed E-state index contributed by atoms with van der Waals surface area (Å²) in [6.07, 6.45) is 2.61. The van der Waals surface area contributed by atoms with Crippen LogP contribution in [0.1, 0.15) is 28.5 Å². The van der Waals surface area contributed by atoms with E-state index in [1.807, 2.05) is 6.07 Å². The van der Waals surface area contributed by atoms with Crippen molar-refractivity contribution in [3.63, 3.8) is 0 Å². The van der Waals surface area contributed by atoms with Crippen LogP contribution in [0.2, 0.25) is 0 Å². The highest BCUT2D eigenvalue weighted by Crippen LogP contribution is 2.13. The molecule has 0 atom stereocenters. The third-order valence-electron chi connectivity index (χ3n) is 2.59. The second-order valence-electron chi connectivity index (χ2n) is 3.71. The maximum atomic E-state index is 11.9. The van der Waals surface area contributed by atoms with E-state index in [2.05, 4.69) is 14.8 Å². The first-order valence-electron chi connectivity index (χ1n) is 5.55. The zero-order valence-corrected chi connectivity index (χ0v) is 10.4. The number of ketones is 1. The average Bonchev–Trinajstić information content (AvgIpc) is 2.82. The number of carbonyl (C=O) groups is 2. The second-order valence-corrected chi connectivity index (χ2v) is 3.71. The van der Waals surface area contributed by atoms with Crippen molar-refractivity contribution in [3.8, 4) is 6.07 Å². The lowest BCUT2D eigenvalue weighted by molar-refractivity contribution is -0.137. The molecule has 0 aliphatic rings. The average molecular weight is 258 g/mol. The summed E-state index contributed by atoms with van der Waals surface area (Å²) in [6, 6.07) is 1.95. The fourth-order valence-electron chi connectivity index (χ4n) is 1.65. The second kappa shape index (κ2) is 4.86. The van der Waals surface area contributed by atoms with Crippen LogP contribution in [-0.2, 0) is 9.53 Å². The normalized spacial score (nSPS) is 10.2. The summed E-state index contributed by atoms with van der Waals surface area (Å²) in [5.74, 6) is -1.71. The molecule has 19 heavy (non-hydrogen) atoms. The van der Waals surface area contributed by atoms with Crippen LogP contribution in [0.25, 0.3) is 5.65 Å². The van der Waals surface area contributed by atoms with Gasteiger partial charge < -0.3 is 4.74 Å². The van der Waals surface area contributed by atoms with E-state index >= 15 is 0 Å². The number of rotatable bonds is 3. The number of hydrogen-bond donors (Lipinski definition) is 0. The van der Waals surface area contributed by atoms with Crippen LogP contribution in [0.15, 0.2) is 12.4 Å². The Balaban J connectivity index is 2.52. The quantitative estimate of drug-likeness (QED) is 0.455. The van der Waals surface area contributed by atoms with Crippen LogP contribution in [0, 0.1) is 18.3 Å². The zero-order chi connectivity index (χ0) is 14.0. The standard InChI is InChI=1S/C12H10N4O3/c1-3-19-12(18)10(17)9-6-14-11-8(4-13)5-15-16(11)7(9)2/h5-6H,3H2,1-2H3. The largest absolute Gasteiger partial charge is 0.460 e. The minimum Gasteiger partial charge on any atom is -0.460 e. The van der Waals surface area contributed by atoms with Crippen LogP contribution < -0.4 is 0 Å². The van der Waals surface area contributed by atoms with E-state index < -0.39 is 11.8 Å². The van der Waals surface area contributed by atoms with Crippen molar-refractivity contribution in [1.82, 2.24) is 14.6 Å². The van der Waals surface area contributed by atoms with E-state index in [0.29, 0.717) is 16.9 Å². The van der Waals surface area contributed by atoms with Crippen molar-refractivity contribution in [2.75, 3.05) is 6.61 Å². The molecule has 2 rings (SSSR count). The minimum absolute atomic E-state index is 0.110. The van der Waals surface area contributed by atoms with E-state index in [-0.39, 0.29) is 12.2 Å². The first kappa shape index (κ1) is 12.7. The molecule has 2 aromatic rings. The van der Waals surface area contributed by atoms with Gasteiger partial charge in [0.25, 0.3) is 5.78 Å². The Bertz CT molecular complexity index is 712. The van der Waals surface area contributed by atoms with Crippen LogP contribution >= 0.6 is 0 Å². The molecular weight excluding hydrogens is 248 g/mol. The lowest BCUT2D eigenvalue weighted by atomic mass is 10.1. The van der Waals surface area contributed by atoms with Gasteiger partial charge in [-0.2, -0.15) is 10.4 Å². The molecule has 0 N–H and O–H groups in total. The number of nitriles is 1. The van der Waals surface area contributed by atoms with Gasteiger partial charge in [-0.25, -0.2) is 14.3 Å². The molecule has 0 saturated heterocycles. The maximum absolute atomic E-state index is 11.9. The van der Waals surface area contributed by atoms with Crippen LogP contribution in [0.5, 0.6) is 0 Å². The molecule has 0 unspecified atom stereocenters. The highest BCUT2D eigenvalue weighted by atomic mass is 16.5. The molecule has 0 aliphatic heterocycles. The molecule has 0 spiro atoms. The van der Waals surface area contributed by atoms with E-state index in [9.17, 15) is 9.59 Å². The molecular formula is C12H10N4O3. The number of Topliss-reactive ketones (excluding diaryl/α,β-unsaturated/α-hetero) is 1. The zero-order valence-electron chi connectivity index (χ0n) is 10.4.